The summed E-state index contributed by atoms with van der Waals surface area (Å²) in [5.74, 6) is 0.528. The normalized spacial score (nSPS) is 16.6. The number of sulfonamides is 1. The van der Waals surface area contributed by atoms with E-state index in [2.05, 4.69) is 5.32 Å². The van der Waals surface area contributed by atoms with E-state index in [1.165, 1.54) is 4.31 Å². The molecule has 3 rings (SSSR count). The predicted molar refractivity (Wildman–Crippen MR) is 122 cm³/mol. The van der Waals surface area contributed by atoms with Crippen molar-refractivity contribution in [1.29, 1.82) is 0 Å². The van der Waals surface area contributed by atoms with Crippen molar-refractivity contribution >= 4 is 15.9 Å². The maximum atomic E-state index is 13.0. The lowest BCUT2D eigenvalue weighted by atomic mass is 9.95. The Balaban J connectivity index is 1.64. The van der Waals surface area contributed by atoms with E-state index in [1.807, 2.05) is 51.1 Å². The van der Waals surface area contributed by atoms with Gasteiger partial charge in [-0.2, -0.15) is 4.31 Å². The van der Waals surface area contributed by atoms with Gasteiger partial charge in [0.05, 0.1) is 18.0 Å². The second kappa shape index (κ2) is 9.83. The number of hydrogen-bond donors (Lipinski definition) is 1. The molecule has 1 atom stereocenters. The van der Waals surface area contributed by atoms with Crippen LogP contribution in [0.3, 0.4) is 0 Å². The van der Waals surface area contributed by atoms with Gasteiger partial charge in [-0.15, -0.1) is 0 Å². The number of amides is 1. The number of nitrogens with zero attached hydrogens (tertiary/aromatic N) is 1. The van der Waals surface area contributed by atoms with E-state index in [0.717, 1.165) is 28.9 Å². The van der Waals surface area contributed by atoms with E-state index >= 15 is 0 Å². The number of carbonyl (C=O) groups excluding carboxylic acids is 1. The lowest BCUT2D eigenvalue weighted by Crippen LogP contribution is -2.43. The van der Waals surface area contributed by atoms with E-state index in [0.29, 0.717) is 30.8 Å². The highest BCUT2D eigenvalue weighted by Gasteiger charge is 2.33. The van der Waals surface area contributed by atoms with Crippen molar-refractivity contribution in [2.75, 3.05) is 20.2 Å². The number of aryl methyl sites for hydroxylation is 2. The lowest BCUT2D eigenvalue weighted by Gasteiger charge is -2.31. The number of para-hydroxylation sites is 1. The summed E-state index contributed by atoms with van der Waals surface area (Å²) in [5.41, 5.74) is 2.97. The van der Waals surface area contributed by atoms with Crippen LogP contribution in [-0.4, -0.2) is 38.8 Å². The molecular weight excluding hydrogens is 412 g/mol. The minimum atomic E-state index is -3.55. The Morgan fingerprint density at radius 1 is 1.13 bits per heavy atom. The number of nitrogens with one attached hydrogen (secondary N) is 1. The molecule has 1 aliphatic rings. The van der Waals surface area contributed by atoms with E-state index in [9.17, 15) is 13.2 Å². The molecule has 1 N–H and O–H groups in total. The molecule has 168 valence electrons. The van der Waals surface area contributed by atoms with E-state index in [1.54, 1.807) is 19.2 Å². The Morgan fingerprint density at radius 3 is 2.42 bits per heavy atom. The molecule has 7 heteroatoms. The first-order valence-corrected chi connectivity index (χ1v) is 12.2. The first kappa shape index (κ1) is 23.3. The topological polar surface area (TPSA) is 75.7 Å². The molecule has 0 radical (unpaired) electrons. The Labute approximate surface area is 185 Å². The average Bonchev–Trinajstić information content (AvgIpc) is 2.79. The molecule has 31 heavy (non-hydrogen) atoms. The van der Waals surface area contributed by atoms with Crippen molar-refractivity contribution in [1.82, 2.24) is 9.62 Å². The van der Waals surface area contributed by atoms with Gasteiger partial charge >= 0.3 is 0 Å². The fourth-order valence-electron chi connectivity index (χ4n) is 4.03. The third kappa shape index (κ3) is 5.10. The molecule has 1 heterocycles. The van der Waals surface area contributed by atoms with Gasteiger partial charge in [-0.1, -0.05) is 31.2 Å². The van der Waals surface area contributed by atoms with Crippen molar-refractivity contribution in [3.63, 3.8) is 0 Å². The van der Waals surface area contributed by atoms with Gasteiger partial charge in [0.1, 0.15) is 5.75 Å². The van der Waals surface area contributed by atoms with Crippen LogP contribution in [0.4, 0.5) is 0 Å². The first-order valence-electron chi connectivity index (χ1n) is 10.8. The van der Waals surface area contributed by atoms with Crippen molar-refractivity contribution in [3.05, 3.63) is 59.2 Å². The summed E-state index contributed by atoms with van der Waals surface area (Å²) in [4.78, 5) is 13.2. The summed E-state index contributed by atoms with van der Waals surface area (Å²) in [7, 11) is -1.92. The van der Waals surface area contributed by atoms with Crippen LogP contribution in [0.25, 0.3) is 0 Å². The van der Waals surface area contributed by atoms with Crippen LogP contribution in [0.15, 0.2) is 47.4 Å². The molecule has 2 aromatic carbocycles. The van der Waals surface area contributed by atoms with Crippen LogP contribution in [0.2, 0.25) is 0 Å². The zero-order chi connectivity index (χ0) is 22.6. The summed E-state index contributed by atoms with van der Waals surface area (Å²) in [5, 5.41) is 3.14. The highest BCUT2D eigenvalue weighted by Crippen LogP contribution is 2.29. The Kier molecular flexibility index (Phi) is 7.38. The molecular formula is C24H32N2O4S. The fraction of sp³-hybridized carbons (Fsp3) is 0.458. The molecule has 1 fully saturated rings. The van der Waals surface area contributed by atoms with Crippen molar-refractivity contribution in [2.45, 2.75) is 51.0 Å². The third-order valence-corrected chi connectivity index (χ3v) is 8.07. The molecule has 1 unspecified atom stereocenters. The minimum Gasteiger partial charge on any atom is -0.496 e. The van der Waals surface area contributed by atoms with E-state index in [4.69, 9.17) is 4.74 Å². The molecule has 1 amide bonds. The smallest absolute Gasteiger partial charge is 0.243 e. The predicted octanol–water partition coefficient (Wildman–Crippen LogP) is 3.98. The summed E-state index contributed by atoms with van der Waals surface area (Å²) in [6.07, 6.45) is 1.77. The van der Waals surface area contributed by atoms with Gasteiger partial charge in [0.15, 0.2) is 0 Å². The summed E-state index contributed by atoms with van der Waals surface area (Å²) in [6.45, 7) is 6.59. The number of piperidine rings is 1. The molecule has 2 aromatic rings. The minimum absolute atomic E-state index is 0.0269. The van der Waals surface area contributed by atoms with Crippen molar-refractivity contribution in [3.8, 4) is 5.75 Å². The molecule has 0 bridgehead atoms. The average molecular weight is 445 g/mol. The monoisotopic (exact) mass is 444 g/mol. The van der Waals surface area contributed by atoms with Crippen LogP contribution in [0, 0.1) is 19.8 Å². The maximum absolute atomic E-state index is 13.0. The number of hydrogen-bond acceptors (Lipinski definition) is 4. The summed E-state index contributed by atoms with van der Waals surface area (Å²) in [6, 6.07) is 12.8. The number of methoxy groups -OCH3 is 1. The molecule has 0 saturated carbocycles. The summed E-state index contributed by atoms with van der Waals surface area (Å²) >= 11 is 0. The Hall–Kier alpha value is -2.38. The van der Waals surface area contributed by atoms with Gasteiger partial charge in [0.2, 0.25) is 15.9 Å². The molecule has 0 aromatic heterocycles. The van der Waals surface area contributed by atoms with E-state index in [-0.39, 0.29) is 17.9 Å². The Bertz CT molecular complexity index is 1030. The van der Waals surface area contributed by atoms with Crippen LogP contribution in [-0.2, 0) is 14.8 Å². The van der Waals surface area contributed by atoms with Crippen LogP contribution < -0.4 is 10.1 Å². The van der Waals surface area contributed by atoms with Gasteiger partial charge < -0.3 is 10.1 Å². The first-order chi connectivity index (χ1) is 14.8. The van der Waals surface area contributed by atoms with Crippen LogP contribution >= 0.6 is 0 Å². The van der Waals surface area contributed by atoms with Gasteiger partial charge in [-0.05, 0) is 62.4 Å². The standard InChI is InChI=1S/C24H32N2O4S/c1-5-22(21-8-6-7-9-23(21)30-4)25-24(27)19-12-14-26(15-13-19)31(28,29)20-11-10-17(2)18(3)16-20/h6-11,16,19,22H,5,12-15H2,1-4H3,(H,25,27). The van der Waals surface area contributed by atoms with Gasteiger partial charge in [0.25, 0.3) is 0 Å². The zero-order valence-electron chi connectivity index (χ0n) is 18.7. The van der Waals surface area contributed by atoms with Crippen molar-refractivity contribution in [2.24, 2.45) is 5.92 Å². The van der Waals surface area contributed by atoms with Crippen LogP contribution in [0.5, 0.6) is 5.75 Å². The number of rotatable bonds is 7. The highest BCUT2D eigenvalue weighted by atomic mass is 32.2. The van der Waals surface area contributed by atoms with E-state index < -0.39 is 10.0 Å². The third-order valence-electron chi connectivity index (χ3n) is 6.18. The van der Waals surface area contributed by atoms with Crippen LogP contribution in [0.1, 0.15) is 48.9 Å². The number of ether oxygens (including phenoxy) is 1. The summed E-state index contributed by atoms with van der Waals surface area (Å²) < 4.78 is 33.0. The fourth-order valence-corrected chi connectivity index (χ4v) is 5.58. The zero-order valence-corrected chi connectivity index (χ0v) is 19.5. The van der Waals surface area contributed by atoms with Gasteiger partial charge in [-0.3, -0.25) is 4.79 Å². The van der Waals surface area contributed by atoms with Crippen molar-refractivity contribution < 1.29 is 17.9 Å². The highest BCUT2D eigenvalue weighted by molar-refractivity contribution is 7.89. The maximum Gasteiger partial charge on any atom is 0.243 e. The quantitative estimate of drug-likeness (QED) is 0.701. The number of benzene rings is 2. The molecule has 6 nitrogen and oxygen atoms in total. The van der Waals surface area contributed by atoms with Gasteiger partial charge in [-0.25, -0.2) is 8.42 Å². The second-order valence-electron chi connectivity index (χ2n) is 8.14. The molecule has 1 aliphatic heterocycles. The lowest BCUT2D eigenvalue weighted by molar-refractivity contribution is -0.126. The van der Waals surface area contributed by atoms with Gasteiger partial charge in [0, 0.05) is 24.6 Å². The largest absolute Gasteiger partial charge is 0.496 e. The Morgan fingerprint density at radius 2 is 1.81 bits per heavy atom. The molecule has 0 aliphatic carbocycles. The molecule has 1 saturated heterocycles. The molecule has 0 spiro atoms. The number of carbonyl (C=O) groups is 1. The SMILES string of the molecule is CCC(NC(=O)C1CCN(S(=O)(=O)c2ccc(C)c(C)c2)CC1)c1ccccc1OC. The second-order valence-corrected chi connectivity index (χ2v) is 10.1.